The number of hydrogen-bond donors (Lipinski definition) is 2. The van der Waals surface area contributed by atoms with Crippen LogP contribution in [0.15, 0.2) is 30.9 Å². The zero-order valence-electron chi connectivity index (χ0n) is 11.0. The van der Waals surface area contributed by atoms with Crippen LogP contribution in [0.3, 0.4) is 0 Å². The van der Waals surface area contributed by atoms with Crippen LogP contribution in [-0.2, 0) is 4.79 Å². The molecule has 0 saturated carbocycles. The van der Waals surface area contributed by atoms with Crippen LogP contribution in [0, 0.1) is 11.3 Å². The molecule has 5 nitrogen and oxygen atoms in total. The number of hydrogen-bond acceptors (Lipinski definition) is 4. The molecule has 0 unspecified atom stereocenters. The van der Waals surface area contributed by atoms with Gasteiger partial charge in [0.15, 0.2) is 0 Å². The number of aliphatic hydroxyl groups is 1. The van der Waals surface area contributed by atoms with E-state index >= 15 is 0 Å². The number of rotatable bonds is 7. The van der Waals surface area contributed by atoms with E-state index in [1.807, 2.05) is 6.07 Å². The van der Waals surface area contributed by atoms with Gasteiger partial charge in [0.25, 0.3) is 0 Å². The third-order valence-electron chi connectivity index (χ3n) is 2.55. The molecular weight excluding hydrogens is 278 g/mol. The molecule has 20 heavy (non-hydrogen) atoms. The van der Waals surface area contributed by atoms with Crippen molar-refractivity contribution in [2.75, 3.05) is 31.6 Å². The van der Waals surface area contributed by atoms with E-state index in [2.05, 4.69) is 11.9 Å². The summed E-state index contributed by atoms with van der Waals surface area (Å²) in [5.41, 5.74) is 0.729. The van der Waals surface area contributed by atoms with Crippen molar-refractivity contribution in [2.24, 2.45) is 0 Å². The van der Waals surface area contributed by atoms with E-state index in [-0.39, 0.29) is 19.1 Å². The lowest BCUT2D eigenvalue weighted by Gasteiger charge is -2.19. The highest BCUT2D eigenvalue weighted by Gasteiger charge is 2.11. The standard InChI is InChI=1S/C14H16ClN3O2/c1-2-5-18(6-7-19)10-14(20)17-13-8-12(15)4-3-11(13)9-16/h2-4,8,19H,1,5-7,10H2,(H,17,20). The molecule has 0 bridgehead atoms. The highest BCUT2D eigenvalue weighted by atomic mass is 35.5. The summed E-state index contributed by atoms with van der Waals surface area (Å²) in [6.45, 7) is 4.53. The van der Waals surface area contributed by atoms with Crippen LogP contribution in [0.5, 0.6) is 0 Å². The van der Waals surface area contributed by atoms with E-state index in [1.54, 1.807) is 23.1 Å². The first-order chi connectivity index (χ1) is 9.60. The Labute approximate surface area is 123 Å². The first kappa shape index (κ1) is 16.2. The molecule has 0 atom stereocenters. The van der Waals surface area contributed by atoms with Gasteiger partial charge < -0.3 is 10.4 Å². The van der Waals surface area contributed by atoms with Crippen molar-refractivity contribution < 1.29 is 9.90 Å². The van der Waals surface area contributed by atoms with Crippen molar-refractivity contribution in [3.8, 4) is 6.07 Å². The van der Waals surface area contributed by atoms with Crippen LogP contribution in [0.25, 0.3) is 0 Å². The summed E-state index contributed by atoms with van der Waals surface area (Å²) in [7, 11) is 0. The molecule has 0 radical (unpaired) electrons. The van der Waals surface area contributed by atoms with E-state index in [9.17, 15) is 4.79 Å². The average Bonchev–Trinajstić information content (AvgIpc) is 2.39. The minimum atomic E-state index is -0.279. The zero-order chi connectivity index (χ0) is 15.0. The molecule has 1 aromatic rings. The van der Waals surface area contributed by atoms with Crippen LogP contribution >= 0.6 is 11.6 Å². The normalized spacial score (nSPS) is 10.1. The first-order valence-electron chi connectivity index (χ1n) is 6.04. The molecular formula is C14H16ClN3O2. The number of carbonyl (C=O) groups is 1. The maximum atomic E-state index is 11.9. The summed E-state index contributed by atoms with van der Waals surface area (Å²) in [6.07, 6.45) is 1.66. The van der Waals surface area contributed by atoms with Crippen LogP contribution in [-0.4, -0.2) is 42.2 Å². The third kappa shape index (κ3) is 5.02. The fourth-order valence-electron chi connectivity index (χ4n) is 1.67. The minimum Gasteiger partial charge on any atom is -0.395 e. The second-order valence-corrected chi connectivity index (χ2v) is 4.53. The van der Waals surface area contributed by atoms with Gasteiger partial charge in [-0.1, -0.05) is 17.7 Å². The van der Waals surface area contributed by atoms with Gasteiger partial charge in [0, 0.05) is 18.1 Å². The Morgan fingerprint density at radius 2 is 2.35 bits per heavy atom. The summed E-state index contributed by atoms with van der Waals surface area (Å²) >= 11 is 5.84. The Morgan fingerprint density at radius 3 is 2.95 bits per heavy atom. The lowest BCUT2D eigenvalue weighted by atomic mass is 10.2. The molecule has 0 aliphatic carbocycles. The number of nitrogens with one attached hydrogen (secondary N) is 1. The predicted molar refractivity (Wildman–Crippen MR) is 78.5 cm³/mol. The molecule has 1 aromatic carbocycles. The van der Waals surface area contributed by atoms with E-state index in [1.165, 1.54) is 6.07 Å². The summed E-state index contributed by atoms with van der Waals surface area (Å²) in [5.74, 6) is -0.279. The molecule has 1 amide bonds. The Bertz CT molecular complexity index is 526. The second kappa shape index (κ2) is 8.33. The van der Waals surface area contributed by atoms with Crippen LogP contribution in [0.2, 0.25) is 5.02 Å². The van der Waals surface area contributed by atoms with E-state index in [4.69, 9.17) is 22.0 Å². The topological polar surface area (TPSA) is 76.4 Å². The van der Waals surface area contributed by atoms with Gasteiger partial charge in [0.2, 0.25) is 5.91 Å². The molecule has 0 aromatic heterocycles. The molecule has 0 aliphatic rings. The van der Waals surface area contributed by atoms with Crippen molar-refractivity contribution in [3.05, 3.63) is 41.4 Å². The fraction of sp³-hybridized carbons (Fsp3) is 0.286. The summed E-state index contributed by atoms with van der Waals surface area (Å²) < 4.78 is 0. The highest BCUT2D eigenvalue weighted by Crippen LogP contribution is 2.20. The van der Waals surface area contributed by atoms with Gasteiger partial charge in [-0.25, -0.2) is 0 Å². The van der Waals surface area contributed by atoms with E-state index in [0.29, 0.717) is 29.4 Å². The van der Waals surface area contributed by atoms with E-state index in [0.717, 1.165) is 0 Å². The quantitative estimate of drug-likeness (QED) is 0.749. The number of amides is 1. The molecule has 0 spiro atoms. The van der Waals surface area contributed by atoms with Crippen molar-refractivity contribution in [1.82, 2.24) is 4.90 Å². The molecule has 0 fully saturated rings. The maximum Gasteiger partial charge on any atom is 0.238 e. The maximum absolute atomic E-state index is 11.9. The monoisotopic (exact) mass is 293 g/mol. The Balaban J connectivity index is 2.72. The molecule has 1 rings (SSSR count). The Morgan fingerprint density at radius 1 is 1.60 bits per heavy atom. The lowest BCUT2D eigenvalue weighted by molar-refractivity contribution is -0.117. The van der Waals surface area contributed by atoms with E-state index < -0.39 is 0 Å². The van der Waals surface area contributed by atoms with Crippen molar-refractivity contribution >= 4 is 23.2 Å². The van der Waals surface area contributed by atoms with Gasteiger partial charge >= 0.3 is 0 Å². The highest BCUT2D eigenvalue weighted by molar-refractivity contribution is 6.31. The predicted octanol–water partition coefficient (Wildman–Crippen LogP) is 1.63. The number of aliphatic hydroxyl groups excluding tert-OH is 1. The molecule has 106 valence electrons. The summed E-state index contributed by atoms with van der Waals surface area (Å²) in [6, 6.07) is 6.66. The SMILES string of the molecule is C=CCN(CCO)CC(=O)Nc1cc(Cl)ccc1C#N. The zero-order valence-corrected chi connectivity index (χ0v) is 11.7. The Kier molecular flexibility index (Phi) is 6.74. The van der Waals surface area contributed by atoms with Gasteiger partial charge in [-0.05, 0) is 18.2 Å². The number of nitrogens with zero attached hydrogens (tertiary/aromatic N) is 2. The smallest absolute Gasteiger partial charge is 0.238 e. The van der Waals surface area contributed by atoms with Crippen molar-refractivity contribution in [2.45, 2.75) is 0 Å². The number of anilines is 1. The number of halogens is 1. The van der Waals surface area contributed by atoms with Gasteiger partial charge in [-0.3, -0.25) is 9.69 Å². The minimum absolute atomic E-state index is 0.0399. The molecule has 0 aliphatic heterocycles. The number of benzene rings is 1. The van der Waals surface area contributed by atoms with Gasteiger partial charge in [0.05, 0.1) is 24.4 Å². The molecule has 2 N–H and O–H groups in total. The molecule has 6 heteroatoms. The lowest BCUT2D eigenvalue weighted by Crippen LogP contribution is -2.35. The molecule has 0 heterocycles. The molecule has 0 saturated heterocycles. The second-order valence-electron chi connectivity index (χ2n) is 4.10. The van der Waals surface area contributed by atoms with Crippen LogP contribution in [0.4, 0.5) is 5.69 Å². The van der Waals surface area contributed by atoms with Gasteiger partial charge in [0.1, 0.15) is 6.07 Å². The van der Waals surface area contributed by atoms with Crippen molar-refractivity contribution in [3.63, 3.8) is 0 Å². The van der Waals surface area contributed by atoms with Crippen molar-refractivity contribution in [1.29, 1.82) is 5.26 Å². The number of carbonyl (C=O) groups excluding carboxylic acids is 1. The third-order valence-corrected chi connectivity index (χ3v) is 2.78. The van der Waals surface area contributed by atoms with Crippen LogP contribution < -0.4 is 5.32 Å². The average molecular weight is 294 g/mol. The summed E-state index contributed by atoms with van der Waals surface area (Å²) in [4.78, 5) is 13.7. The first-order valence-corrected chi connectivity index (χ1v) is 6.42. The number of nitriles is 1. The Hall–Kier alpha value is -1.87. The summed E-state index contributed by atoms with van der Waals surface area (Å²) in [5, 5.41) is 21.0. The van der Waals surface area contributed by atoms with Gasteiger partial charge in [-0.15, -0.1) is 6.58 Å². The fourth-order valence-corrected chi connectivity index (χ4v) is 1.84. The largest absolute Gasteiger partial charge is 0.395 e. The van der Waals surface area contributed by atoms with Crippen LogP contribution in [0.1, 0.15) is 5.56 Å². The van der Waals surface area contributed by atoms with Gasteiger partial charge in [-0.2, -0.15) is 5.26 Å².